The van der Waals surface area contributed by atoms with Crippen molar-refractivity contribution in [1.29, 1.82) is 0 Å². The van der Waals surface area contributed by atoms with Gasteiger partial charge in [0.15, 0.2) is 0 Å². The molecular formula is C16H25ClN2O2. The largest absolute Gasteiger partial charge is 0.496 e. The number of hydrogen-bond acceptors (Lipinski definition) is 3. The second kappa shape index (κ2) is 7.66. The van der Waals surface area contributed by atoms with E-state index in [1.54, 1.807) is 7.11 Å². The molecule has 0 aliphatic rings. The summed E-state index contributed by atoms with van der Waals surface area (Å²) >= 11 is 6.18. The lowest BCUT2D eigenvalue weighted by molar-refractivity contribution is -0.124. The van der Waals surface area contributed by atoms with Crippen LogP contribution in [0.4, 0.5) is 0 Å². The van der Waals surface area contributed by atoms with E-state index in [4.69, 9.17) is 16.3 Å². The molecule has 0 bridgehead atoms. The lowest BCUT2D eigenvalue weighted by Gasteiger charge is -2.27. The van der Waals surface area contributed by atoms with E-state index in [1.807, 2.05) is 45.9 Å². The number of halogens is 1. The fourth-order valence-electron chi connectivity index (χ4n) is 1.78. The maximum atomic E-state index is 12.1. The van der Waals surface area contributed by atoms with E-state index in [-0.39, 0.29) is 17.5 Å². The van der Waals surface area contributed by atoms with Gasteiger partial charge < -0.3 is 15.4 Å². The highest BCUT2D eigenvalue weighted by Gasteiger charge is 2.21. The topological polar surface area (TPSA) is 50.4 Å². The van der Waals surface area contributed by atoms with Crippen LogP contribution in [0.5, 0.6) is 5.75 Å². The van der Waals surface area contributed by atoms with Gasteiger partial charge in [-0.25, -0.2) is 0 Å². The second-order valence-electron chi connectivity index (χ2n) is 5.75. The van der Waals surface area contributed by atoms with Gasteiger partial charge in [0.2, 0.25) is 5.91 Å². The Morgan fingerprint density at radius 2 is 2.10 bits per heavy atom. The molecule has 1 rings (SSSR count). The number of ether oxygens (including phenoxy) is 1. The number of hydrogen-bond donors (Lipinski definition) is 2. The first-order chi connectivity index (χ1) is 9.80. The van der Waals surface area contributed by atoms with Crippen molar-refractivity contribution in [2.45, 2.75) is 52.2 Å². The van der Waals surface area contributed by atoms with E-state index in [0.29, 0.717) is 11.6 Å². The Balaban J connectivity index is 2.65. The van der Waals surface area contributed by atoms with Crippen LogP contribution in [0.15, 0.2) is 18.2 Å². The average molecular weight is 313 g/mol. The van der Waals surface area contributed by atoms with E-state index >= 15 is 0 Å². The molecule has 21 heavy (non-hydrogen) atoms. The molecule has 5 heteroatoms. The fraction of sp³-hybridized carbons (Fsp3) is 0.562. The molecule has 1 amide bonds. The summed E-state index contributed by atoms with van der Waals surface area (Å²) in [5.74, 6) is 0.698. The minimum Gasteiger partial charge on any atom is -0.496 e. The van der Waals surface area contributed by atoms with Crippen LogP contribution in [0.1, 0.15) is 39.7 Å². The van der Waals surface area contributed by atoms with Crippen molar-refractivity contribution in [1.82, 2.24) is 10.6 Å². The van der Waals surface area contributed by atoms with E-state index in [1.165, 1.54) is 0 Å². The number of carbonyl (C=O) groups excluding carboxylic acids is 1. The number of carbonyl (C=O) groups is 1. The molecule has 0 fully saturated rings. The Kier molecular flexibility index (Phi) is 6.49. The van der Waals surface area contributed by atoms with Crippen LogP contribution >= 0.6 is 11.6 Å². The molecule has 0 aromatic heterocycles. The van der Waals surface area contributed by atoms with Crippen LogP contribution in [0.2, 0.25) is 5.02 Å². The summed E-state index contributed by atoms with van der Waals surface area (Å²) < 4.78 is 5.29. The normalized spacial score (nSPS) is 12.9. The van der Waals surface area contributed by atoms with Gasteiger partial charge in [0.05, 0.1) is 13.2 Å². The predicted molar refractivity (Wildman–Crippen MR) is 86.8 cm³/mol. The van der Waals surface area contributed by atoms with Crippen molar-refractivity contribution in [3.05, 3.63) is 28.8 Å². The number of methoxy groups -OCH3 is 1. The maximum Gasteiger partial charge on any atom is 0.237 e. The predicted octanol–water partition coefficient (Wildman–Crippen LogP) is 3.13. The highest BCUT2D eigenvalue weighted by atomic mass is 35.5. The van der Waals surface area contributed by atoms with Gasteiger partial charge in [-0.05, 0) is 39.3 Å². The zero-order valence-corrected chi connectivity index (χ0v) is 14.2. The monoisotopic (exact) mass is 312 g/mol. The molecule has 1 aromatic carbocycles. The molecule has 4 nitrogen and oxygen atoms in total. The van der Waals surface area contributed by atoms with Gasteiger partial charge in [-0.3, -0.25) is 4.79 Å². The van der Waals surface area contributed by atoms with Gasteiger partial charge in [0.1, 0.15) is 5.75 Å². The third-order valence-corrected chi connectivity index (χ3v) is 3.97. The average Bonchev–Trinajstić information content (AvgIpc) is 2.44. The molecule has 2 N–H and O–H groups in total. The van der Waals surface area contributed by atoms with Gasteiger partial charge in [-0.15, -0.1) is 0 Å². The first-order valence-electron chi connectivity index (χ1n) is 7.17. The van der Waals surface area contributed by atoms with Gasteiger partial charge in [0, 0.05) is 22.7 Å². The van der Waals surface area contributed by atoms with Gasteiger partial charge in [-0.1, -0.05) is 24.6 Å². The Bertz CT molecular complexity index is 489. The van der Waals surface area contributed by atoms with Crippen LogP contribution in [-0.2, 0) is 11.3 Å². The Morgan fingerprint density at radius 3 is 2.67 bits per heavy atom. The smallest absolute Gasteiger partial charge is 0.237 e. The minimum absolute atomic E-state index is 0.0205. The van der Waals surface area contributed by atoms with Crippen LogP contribution < -0.4 is 15.4 Å². The zero-order valence-electron chi connectivity index (χ0n) is 13.4. The highest BCUT2D eigenvalue weighted by molar-refractivity contribution is 6.31. The Labute approximate surface area is 132 Å². The van der Waals surface area contributed by atoms with Crippen LogP contribution in [0, 0.1) is 0 Å². The van der Waals surface area contributed by atoms with Crippen LogP contribution in [0.25, 0.3) is 0 Å². The minimum atomic E-state index is -0.309. The first kappa shape index (κ1) is 17.8. The Morgan fingerprint density at radius 1 is 1.43 bits per heavy atom. The molecule has 0 aliphatic heterocycles. The van der Waals surface area contributed by atoms with Crippen LogP contribution in [-0.4, -0.2) is 24.6 Å². The lowest BCUT2D eigenvalue weighted by atomic mass is 10.0. The van der Waals surface area contributed by atoms with E-state index in [9.17, 15) is 4.79 Å². The van der Waals surface area contributed by atoms with E-state index < -0.39 is 0 Å². The molecule has 0 heterocycles. The third kappa shape index (κ3) is 5.21. The van der Waals surface area contributed by atoms with Gasteiger partial charge in [-0.2, -0.15) is 0 Å². The zero-order chi connectivity index (χ0) is 16.0. The van der Waals surface area contributed by atoms with Crippen molar-refractivity contribution < 1.29 is 9.53 Å². The first-order valence-corrected chi connectivity index (χ1v) is 7.55. The number of nitrogens with one attached hydrogen (secondary N) is 2. The molecular weight excluding hydrogens is 288 g/mol. The quantitative estimate of drug-likeness (QED) is 0.813. The van der Waals surface area contributed by atoms with E-state index in [0.717, 1.165) is 17.7 Å². The molecule has 0 aliphatic carbocycles. The lowest BCUT2D eigenvalue weighted by Crippen LogP contribution is -2.50. The molecule has 0 spiro atoms. The fourth-order valence-corrected chi connectivity index (χ4v) is 2.01. The molecule has 1 aromatic rings. The van der Waals surface area contributed by atoms with Crippen molar-refractivity contribution in [3.8, 4) is 5.75 Å². The summed E-state index contributed by atoms with van der Waals surface area (Å²) in [6.07, 6.45) is 0.879. The molecule has 0 radical (unpaired) electrons. The molecule has 0 saturated carbocycles. The van der Waals surface area contributed by atoms with Gasteiger partial charge >= 0.3 is 0 Å². The van der Waals surface area contributed by atoms with Crippen molar-refractivity contribution in [2.75, 3.05) is 7.11 Å². The standard InChI is InChI=1S/C16H25ClN2O2/c1-6-16(3,4)19-15(20)11(2)18-10-12-13(17)8-7-9-14(12)21-5/h7-9,11,18H,6,10H2,1-5H3,(H,19,20). The van der Waals surface area contributed by atoms with E-state index in [2.05, 4.69) is 10.6 Å². The molecule has 1 atom stereocenters. The highest BCUT2D eigenvalue weighted by Crippen LogP contribution is 2.25. The number of benzene rings is 1. The Hall–Kier alpha value is -1.26. The maximum absolute atomic E-state index is 12.1. The van der Waals surface area contributed by atoms with Crippen molar-refractivity contribution in [3.63, 3.8) is 0 Å². The summed E-state index contributed by atoms with van der Waals surface area (Å²) in [7, 11) is 1.61. The molecule has 1 unspecified atom stereocenters. The molecule has 118 valence electrons. The number of rotatable bonds is 7. The summed E-state index contributed by atoms with van der Waals surface area (Å²) in [4.78, 5) is 12.1. The summed E-state index contributed by atoms with van der Waals surface area (Å²) in [6.45, 7) is 8.38. The van der Waals surface area contributed by atoms with Crippen LogP contribution in [0.3, 0.4) is 0 Å². The third-order valence-electron chi connectivity index (χ3n) is 3.62. The SMILES string of the molecule is CCC(C)(C)NC(=O)C(C)NCc1c(Cl)cccc1OC. The second-order valence-corrected chi connectivity index (χ2v) is 6.16. The van der Waals surface area contributed by atoms with Crippen molar-refractivity contribution >= 4 is 17.5 Å². The van der Waals surface area contributed by atoms with Gasteiger partial charge in [0.25, 0.3) is 0 Å². The molecule has 0 saturated heterocycles. The number of amides is 1. The summed E-state index contributed by atoms with van der Waals surface area (Å²) in [5, 5.41) is 6.83. The summed E-state index contributed by atoms with van der Waals surface area (Å²) in [6, 6.07) is 5.20. The van der Waals surface area contributed by atoms with Crippen molar-refractivity contribution in [2.24, 2.45) is 0 Å². The summed E-state index contributed by atoms with van der Waals surface area (Å²) in [5.41, 5.74) is 0.658.